The van der Waals surface area contributed by atoms with Gasteiger partial charge in [0.15, 0.2) is 0 Å². The third kappa shape index (κ3) is 9.11. The van der Waals surface area contributed by atoms with Crippen LogP contribution in [0.1, 0.15) is 96.6 Å². The Labute approximate surface area is 308 Å². The van der Waals surface area contributed by atoms with Crippen molar-refractivity contribution in [3.63, 3.8) is 0 Å². The van der Waals surface area contributed by atoms with Crippen molar-refractivity contribution in [1.29, 1.82) is 0 Å². The zero-order chi connectivity index (χ0) is 38.3. The number of halogens is 1. The summed E-state index contributed by atoms with van der Waals surface area (Å²) in [5.41, 5.74) is -2.38. The Balaban J connectivity index is 1.25. The number of allylic oxidation sites excluding steroid dienone is 1. The Kier molecular flexibility index (Phi) is 10.5. The highest BCUT2D eigenvalue weighted by atomic mass is 32.2. The molecule has 2 aliphatic carbocycles. The van der Waals surface area contributed by atoms with Crippen molar-refractivity contribution in [1.82, 2.24) is 25.2 Å². The molecule has 0 aromatic heterocycles. The van der Waals surface area contributed by atoms with Gasteiger partial charge >= 0.3 is 22.5 Å². The van der Waals surface area contributed by atoms with E-state index in [-0.39, 0.29) is 38.9 Å². The largest absolute Gasteiger partial charge is 0.444 e. The van der Waals surface area contributed by atoms with E-state index in [0.29, 0.717) is 43.2 Å². The number of hydrogen-bond donors (Lipinski definition) is 3. The summed E-state index contributed by atoms with van der Waals surface area (Å²) < 4.78 is 58.4. The number of nitrogens with one attached hydrogen (secondary N) is 3. The van der Waals surface area contributed by atoms with Gasteiger partial charge in [-0.15, -0.1) is 0 Å². The van der Waals surface area contributed by atoms with Gasteiger partial charge in [0.2, 0.25) is 11.8 Å². The highest BCUT2D eigenvalue weighted by Crippen LogP contribution is 2.46. The minimum absolute atomic E-state index is 0.0136. The number of amides is 5. The van der Waals surface area contributed by atoms with Gasteiger partial charge in [-0.3, -0.25) is 19.3 Å². The van der Waals surface area contributed by atoms with Crippen molar-refractivity contribution in [3.8, 4) is 0 Å². The Hall–Kier alpha value is -4.25. The van der Waals surface area contributed by atoms with Gasteiger partial charge in [0.25, 0.3) is 5.91 Å². The summed E-state index contributed by atoms with van der Waals surface area (Å²) in [5.74, 6) is -3.34. The summed E-state index contributed by atoms with van der Waals surface area (Å²) in [6.45, 7) is 6.56. The molecule has 0 spiro atoms. The van der Waals surface area contributed by atoms with Crippen LogP contribution < -0.4 is 15.4 Å². The number of rotatable bonds is 6. The highest BCUT2D eigenvalue weighted by molar-refractivity contribution is 7.85. The van der Waals surface area contributed by atoms with Crippen molar-refractivity contribution < 1.29 is 50.4 Å². The molecule has 0 unspecified atom stereocenters. The predicted molar refractivity (Wildman–Crippen MR) is 186 cm³/mol. The lowest BCUT2D eigenvalue weighted by atomic mass is 10.0. The zero-order valence-electron chi connectivity index (χ0n) is 30.4. The van der Waals surface area contributed by atoms with E-state index in [4.69, 9.17) is 13.7 Å². The molecule has 2 saturated carbocycles. The van der Waals surface area contributed by atoms with Crippen LogP contribution in [0.4, 0.5) is 14.0 Å². The van der Waals surface area contributed by atoms with E-state index in [1.807, 2.05) is 10.8 Å². The first kappa shape index (κ1) is 38.5. The van der Waals surface area contributed by atoms with E-state index in [1.165, 1.54) is 15.9 Å². The second kappa shape index (κ2) is 14.5. The van der Waals surface area contributed by atoms with Gasteiger partial charge in [0.05, 0.1) is 18.7 Å². The summed E-state index contributed by atoms with van der Waals surface area (Å²) in [6, 6.07) is 2.22. The molecular weight excluding hydrogens is 713 g/mol. The molecule has 3 N–H and O–H groups in total. The van der Waals surface area contributed by atoms with E-state index in [1.54, 1.807) is 45.9 Å². The minimum Gasteiger partial charge on any atom is -0.444 e. The molecule has 290 valence electrons. The second-order valence-corrected chi connectivity index (χ2v) is 17.2. The first-order valence-electron chi connectivity index (χ1n) is 18.2. The van der Waals surface area contributed by atoms with Crippen molar-refractivity contribution >= 4 is 40.2 Å². The quantitative estimate of drug-likeness (QED) is 0.362. The van der Waals surface area contributed by atoms with Gasteiger partial charge in [-0.25, -0.2) is 22.9 Å². The molecule has 3 fully saturated rings. The van der Waals surface area contributed by atoms with E-state index in [0.717, 1.165) is 6.42 Å². The maximum absolute atomic E-state index is 14.4. The number of hydrogen-bond acceptors (Lipinski definition) is 10. The summed E-state index contributed by atoms with van der Waals surface area (Å²) in [5, 5.41) is 5.40. The van der Waals surface area contributed by atoms with Crippen LogP contribution in [-0.4, -0.2) is 89.6 Å². The van der Waals surface area contributed by atoms with Crippen LogP contribution in [0, 0.1) is 11.7 Å². The summed E-state index contributed by atoms with van der Waals surface area (Å²) in [6.07, 6.45) is 4.93. The lowest BCUT2D eigenvalue weighted by Crippen LogP contribution is -2.58. The number of nitrogens with zero attached hydrogens (tertiary/aromatic N) is 2. The van der Waals surface area contributed by atoms with Gasteiger partial charge in [-0.2, -0.15) is 8.42 Å². The van der Waals surface area contributed by atoms with E-state index in [9.17, 15) is 36.8 Å². The SMILES string of the molecule is CC(C)(C)OC(=O)N[C@H]1CCCCC/C=C\[C@@H]2C[C@@]2(C(=O)NS(=O)(=O)OC2(C)CC2)NC(=O)[C@@H]2C[C@@H](OC(=O)N3Cc4cccc(F)c4C3)CN2C1=O. The number of alkyl carbamates (subject to hydrolysis) is 1. The first-order chi connectivity index (χ1) is 24.9. The molecule has 1 aromatic rings. The topological polar surface area (TPSA) is 190 Å². The Morgan fingerprint density at radius 1 is 1.08 bits per heavy atom. The second-order valence-electron chi connectivity index (χ2n) is 15.9. The van der Waals surface area contributed by atoms with Gasteiger partial charge in [0, 0.05) is 24.4 Å². The lowest BCUT2D eigenvalue weighted by Gasteiger charge is -2.30. The Morgan fingerprint density at radius 3 is 2.53 bits per heavy atom. The summed E-state index contributed by atoms with van der Waals surface area (Å²) in [7, 11) is -4.51. The molecule has 1 aromatic carbocycles. The van der Waals surface area contributed by atoms with Crippen LogP contribution in [0.3, 0.4) is 0 Å². The zero-order valence-corrected chi connectivity index (χ0v) is 31.3. The van der Waals surface area contributed by atoms with Crippen LogP contribution in [-0.2, 0) is 51.4 Å². The summed E-state index contributed by atoms with van der Waals surface area (Å²) >= 11 is 0. The molecule has 1 saturated heterocycles. The number of carbonyl (C=O) groups is 5. The average Bonchev–Trinajstić information content (AvgIpc) is 3.80. The summed E-state index contributed by atoms with van der Waals surface area (Å²) in [4.78, 5) is 71.0. The molecule has 15 nitrogen and oxygen atoms in total. The predicted octanol–water partition coefficient (Wildman–Crippen LogP) is 3.47. The molecule has 0 bridgehead atoms. The molecule has 6 rings (SSSR count). The number of fused-ring (bicyclic) bond motifs is 3. The van der Waals surface area contributed by atoms with Crippen LogP contribution in [0.5, 0.6) is 0 Å². The fraction of sp³-hybridized carbons (Fsp3) is 0.639. The van der Waals surface area contributed by atoms with Gasteiger partial charge < -0.3 is 25.0 Å². The molecule has 3 heterocycles. The van der Waals surface area contributed by atoms with E-state index in [2.05, 4.69) is 10.6 Å². The number of benzene rings is 1. The first-order valence-corrected chi connectivity index (χ1v) is 19.6. The standard InChI is InChI=1S/C36H48FN5O10S/c1-34(2,3)51-32(46)38-27-14-9-7-5-6-8-12-23-18-36(23,31(45)40-53(48,49)52-35(4)15-16-35)39-29(43)28-17-24(20-42(28)30(27)44)50-33(47)41-19-22-11-10-13-26(37)25(22)21-41/h8,10-13,23-24,27-28H,5-7,9,14-21H2,1-4H3,(H,38,46)(H,39,43)(H,40,45)/b12-8-/t23-,24-,27+,28+,36-/m1/s1. The van der Waals surface area contributed by atoms with E-state index >= 15 is 0 Å². The lowest BCUT2D eigenvalue weighted by molar-refractivity contribution is -0.141. The Bertz CT molecular complexity index is 1790. The third-order valence-electron chi connectivity index (χ3n) is 10.3. The molecular formula is C36H48FN5O10S. The average molecular weight is 762 g/mol. The highest BCUT2D eigenvalue weighted by Gasteiger charge is 2.62. The molecule has 53 heavy (non-hydrogen) atoms. The maximum Gasteiger partial charge on any atom is 0.410 e. The molecule has 5 aliphatic rings. The molecule has 5 atom stereocenters. The number of carbonyl (C=O) groups excluding carboxylic acids is 5. The third-order valence-corrected chi connectivity index (χ3v) is 11.3. The van der Waals surface area contributed by atoms with Gasteiger partial charge in [0.1, 0.15) is 35.1 Å². The maximum atomic E-state index is 14.4. The van der Waals surface area contributed by atoms with Crippen molar-refractivity contribution in [2.75, 3.05) is 6.54 Å². The molecule has 0 radical (unpaired) electrons. The van der Waals surface area contributed by atoms with Gasteiger partial charge in [-0.1, -0.05) is 37.1 Å². The van der Waals surface area contributed by atoms with Crippen LogP contribution in [0.15, 0.2) is 30.4 Å². The number of ether oxygens (including phenoxy) is 2. The van der Waals surface area contributed by atoms with Crippen molar-refractivity contribution in [2.24, 2.45) is 5.92 Å². The van der Waals surface area contributed by atoms with Crippen LogP contribution in [0.25, 0.3) is 0 Å². The molecule has 5 amide bonds. The fourth-order valence-corrected chi connectivity index (χ4v) is 8.24. The molecule has 3 aliphatic heterocycles. The molecule has 17 heteroatoms. The smallest absolute Gasteiger partial charge is 0.410 e. The van der Waals surface area contributed by atoms with Crippen molar-refractivity contribution in [2.45, 2.75) is 134 Å². The Morgan fingerprint density at radius 2 is 1.83 bits per heavy atom. The van der Waals surface area contributed by atoms with E-state index < -0.39 is 86.9 Å². The monoisotopic (exact) mass is 761 g/mol. The van der Waals surface area contributed by atoms with Crippen molar-refractivity contribution in [3.05, 3.63) is 47.3 Å². The minimum atomic E-state index is -4.51. The van der Waals surface area contributed by atoms with Crippen LogP contribution in [0.2, 0.25) is 0 Å². The fourth-order valence-electron chi connectivity index (χ4n) is 7.09. The van der Waals surface area contributed by atoms with Gasteiger partial charge in [-0.05, 0) is 77.8 Å². The van der Waals surface area contributed by atoms with Crippen LogP contribution >= 0.6 is 0 Å². The normalized spacial score (nSPS) is 28.9.